The molecule has 1 amide bonds. The minimum atomic E-state index is -0.00597. The largest absolute Gasteiger partial charge is 0.459 e. The molecule has 0 bridgehead atoms. The number of amides is 1. The summed E-state index contributed by atoms with van der Waals surface area (Å²) >= 11 is 0. The van der Waals surface area contributed by atoms with Gasteiger partial charge in [-0.1, -0.05) is 0 Å². The molecule has 3 aromatic rings. The molecule has 8 nitrogen and oxygen atoms in total. The molecule has 0 spiro atoms. The van der Waals surface area contributed by atoms with E-state index in [4.69, 9.17) is 18.3 Å². The summed E-state index contributed by atoms with van der Waals surface area (Å²) in [5.74, 6) is 2.96. The lowest BCUT2D eigenvalue weighted by atomic mass is 9.96. The van der Waals surface area contributed by atoms with Gasteiger partial charge in [-0.2, -0.15) is 0 Å². The van der Waals surface area contributed by atoms with Gasteiger partial charge in [0.1, 0.15) is 0 Å². The second-order valence-electron chi connectivity index (χ2n) is 6.56. The molecule has 8 heteroatoms. The Morgan fingerprint density at radius 1 is 1.07 bits per heavy atom. The van der Waals surface area contributed by atoms with Crippen LogP contribution >= 0.6 is 0 Å². The zero-order valence-corrected chi connectivity index (χ0v) is 14.5. The summed E-state index contributed by atoms with van der Waals surface area (Å²) in [6.45, 7) is 1.47. The van der Waals surface area contributed by atoms with Crippen molar-refractivity contribution in [3.63, 3.8) is 0 Å². The number of nitrogens with zero attached hydrogens (tertiary/aromatic N) is 3. The summed E-state index contributed by atoms with van der Waals surface area (Å²) in [4.78, 5) is 14.6. The molecule has 1 fully saturated rings. The maximum absolute atomic E-state index is 12.8. The molecule has 2 aliphatic rings. The third-order valence-electron chi connectivity index (χ3n) is 4.92. The SMILES string of the molecule is O=C(c1ccc2c(c1)OCO2)N1CCC(c2nnc(-c3ccco3)o2)CC1. The Labute approximate surface area is 154 Å². The molecule has 1 aromatic carbocycles. The van der Waals surface area contributed by atoms with Crippen LogP contribution in [0.5, 0.6) is 11.5 Å². The first-order valence-electron chi connectivity index (χ1n) is 8.84. The molecule has 2 aromatic heterocycles. The molecule has 1 saturated heterocycles. The van der Waals surface area contributed by atoms with Gasteiger partial charge in [0.2, 0.25) is 12.7 Å². The fraction of sp³-hybridized carbons (Fsp3) is 0.316. The molecule has 0 saturated carbocycles. The molecule has 27 heavy (non-hydrogen) atoms. The van der Waals surface area contributed by atoms with E-state index in [1.165, 1.54) is 0 Å². The van der Waals surface area contributed by atoms with Crippen LogP contribution in [-0.4, -0.2) is 40.9 Å². The minimum absolute atomic E-state index is 0.00597. The number of furan rings is 1. The van der Waals surface area contributed by atoms with Gasteiger partial charge in [-0.05, 0) is 43.2 Å². The number of benzene rings is 1. The Morgan fingerprint density at radius 2 is 1.93 bits per heavy atom. The van der Waals surface area contributed by atoms with E-state index in [1.807, 2.05) is 4.90 Å². The molecule has 4 heterocycles. The van der Waals surface area contributed by atoms with Crippen molar-refractivity contribution >= 4 is 5.91 Å². The van der Waals surface area contributed by atoms with Gasteiger partial charge in [0.15, 0.2) is 17.3 Å². The zero-order valence-electron chi connectivity index (χ0n) is 14.5. The lowest BCUT2D eigenvalue weighted by molar-refractivity contribution is 0.0706. The normalized spacial score (nSPS) is 16.7. The number of fused-ring (bicyclic) bond motifs is 1. The number of carbonyl (C=O) groups excluding carboxylic acids is 1. The van der Waals surface area contributed by atoms with Crippen LogP contribution in [-0.2, 0) is 0 Å². The number of piperidine rings is 1. The van der Waals surface area contributed by atoms with Gasteiger partial charge in [-0.3, -0.25) is 4.79 Å². The van der Waals surface area contributed by atoms with Crippen molar-refractivity contribution in [2.45, 2.75) is 18.8 Å². The van der Waals surface area contributed by atoms with Crippen LogP contribution in [0.2, 0.25) is 0 Å². The fourth-order valence-electron chi connectivity index (χ4n) is 3.44. The highest BCUT2D eigenvalue weighted by molar-refractivity contribution is 5.95. The first kappa shape index (κ1) is 15.9. The lowest BCUT2D eigenvalue weighted by Gasteiger charge is -2.30. The van der Waals surface area contributed by atoms with E-state index in [-0.39, 0.29) is 18.6 Å². The molecule has 2 aliphatic heterocycles. The standard InChI is InChI=1S/C19H17N3O5/c23-19(13-3-4-14-16(10-13)26-11-25-14)22-7-5-12(6-8-22)17-20-21-18(27-17)15-2-1-9-24-15/h1-4,9-10,12H,5-8,11H2. The Kier molecular flexibility index (Phi) is 3.81. The first-order valence-corrected chi connectivity index (χ1v) is 8.84. The van der Waals surface area contributed by atoms with Crippen molar-refractivity contribution in [3.05, 3.63) is 48.0 Å². The van der Waals surface area contributed by atoms with Gasteiger partial charge in [-0.25, -0.2) is 0 Å². The lowest BCUT2D eigenvalue weighted by Crippen LogP contribution is -2.38. The van der Waals surface area contributed by atoms with Gasteiger partial charge in [0, 0.05) is 24.6 Å². The summed E-state index contributed by atoms with van der Waals surface area (Å²) in [7, 11) is 0. The second kappa shape index (κ2) is 6.46. The maximum Gasteiger partial charge on any atom is 0.283 e. The van der Waals surface area contributed by atoms with Crippen molar-refractivity contribution in [1.29, 1.82) is 0 Å². The summed E-state index contributed by atoms with van der Waals surface area (Å²) in [6.07, 6.45) is 3.12. The number of aromatic nitrogens is 2. The zero-order chi connectivity index (χ0) is 18.2. The Hall–Kier alpha value is -3.29. The van der Waals surface area contributed by atoms with Crippen LogP contribution in [0.1, 0.15) is 35.0 Å². The monoisotopic (exact) mass is 367 g/mol. The van der Waals surface area contributed by atoms with E-state index in [0.29, 0.717) is 47.7 Å². The van der Waals surface area contributed by atoms with Gasteiger partial charge in [0.25, 0.3) is 11.8 Å². The highest BCUT2D eigenvalue weighted by atomic mass is 16.7. The van der Waals surface area contributed by atoms with Gasteiger partial charge < -0.3 is 23.2 Å². The van der Waals surface area contributed by atoms with Crippen LogP contribution in [0.3, 0.4) is 0 Å². The third-order valence-corrected chi connectivity index (χ3v) is 4.92. The van der Waals surface area contributed by atoms with E-state index in [9.17, 15) is 4.79 Å². The first-order chi connectivity index (χ1) is 13.3. The van der Waals surface area contributed by atoms with E-state index in [0.717, 1.165) is 12.8 Å². The number of carbonyl (C=O) groups is 1. The number of ether oxygens (including phenoxy) is 2. The van der Waals surface area contributed by atoms with E-state index in [1.54, 1.807) is 36.6 Å². The molecule has 138 valence electrons. The van der Waals surface area contributed by atoms with Gasteiger partial charge in [0.05, 0.1) is 6.26 Å². The predicted octanol–water partition coefficient (Wildman–Crippen LogP) is 3.08. The summed E-state index contributed by atoms with van der Waals surface area (Å²) in [6, 6.07) is 8.85. The molecule has 0 radical (unpaired) electrons. The highest BCUT2D eigenvalue weighted by Gasteiger charge is 2.29. The number of hydrogen-bond donors (Lipinski definition) is 0. The Morgan fingerprint density at radius 3 is 2.74 bits per heavy atom. The highest BCUT2D eigenvalue weighted by Crippen LogP contribution is 2.34. The van der Waals surface area contributed by atoms with Crippen molar-refractivity contribution in [2.24, 2.45) is 0 Å². The second-order valence-corrected chi connectivity index (χ2v) is 6.56. The van der Waals surface area contributed by atoms with Crippen LogP contribution in [0.4, 0.5) is 0 Å². The van der Waals surface area contributed by atoms with Gasteiger partial charge >= 0.3 is 0 Å². The Balaban J connectivity index is 1.24. The average molecular weight is 367 g/mol. The van der Waals surface area contributed by atoms with E-state index < -0.39 is 0 Å². The molecule has 0 N–H and O–H groups in total. The third kappa shape index (κ3) is 2.92. The fourth-order valence-corrected chi connectivity index (χ4v) is 3.44. The number of likely N-dealkylation sites (tertiary alicyclic amines) is 1. The molecule has 0 aliphatic carbocycles. The van der Waals surface area contributed by atoms with Crippen molar-refractivity contribution < 1.29 is 23.1 Å². The quantitative estimate of drug-likeness (QED) is 0.702. The van der Waals surface area contributed by atoms with Crippen molar-refractivity contribution in [3.8, 4) is 23.1 Å². The molecule has 0 unspecified atom stereocenters. The Bertz CT molecular complexity index is 958. The number of rotatable bonds is 3. The molecular formula is C19H17N3O5. The summed E-state index contributed by atoms with van der Waals surface area (Å²) in [5.41, 5.74) is 0.607. The van der Waals surface area contributed by atoms with Crippen LogP contribution < -0.4 is 9.47 Å². The number of hydrogen-bond acceptors (Lipinski definition) is 7. The topological polar surface area (TPSA) is 90.8 Å². The molecular weight excluding hydrogens is 350 g/mol. The van der Waals surface area contributed by atoms with Gasteiger partial charge in [-0.15, -0.1) is 10.2 Å². The van der Waals surface area contributed by atoms with Crippen molar-refractivity contribution in [2.75, 3.05) is 19.9 Å². The summed E-state index contributed by atoms with van der Waals surface area (Å²) in [5, 5.41) is 8.20. The summed E-state index contributed by atoms with van der Waals surface area (Å²) < 4.78 is 21.7. The van der Waals surface area contributed by atoms with Crippen LogP contribution in [0.25, 0.3) is 11.7 Å². The minimum Gasteiger partial charge on any atom is -0.459 e. The average Bonchev–Trinajstić information content (AvgIpc) is 3.48. The van der Waals surface area contributed by atoms with E-state index >= 15 is 0 Å². The molecule has 5 rings (SSSR count). The van der Waals surface area contributed by atoms with Crippen LogP contribution in [0.15, 0.2) is 45.4 Å². The smallest absolute Gasteiger partial charge is 0.283 e. The molecule has 0 atom stereocenters. The maximum atomic E-state index is 12.8. The predicted molar refractivity (Wildman–Crippen MR) is 92.4 cm³/mol. The van der Waals surface area contributed by atoms with Crippen molar-refractivity contribution in [1.82, 2.24) is 15.1 Å². The van der Waals surface area contributed by atoms with E-state index in [2.05, 4.69) is 10.2 Å². The van der Waals surface area contributed by atoms with Crippen LogP contribution in [0, 0.1) is 0 Å².